The number of carbonyl (C=O) groups excluding carboxylic acids is 1. The van der Waals surface area contributed by atoms with Crippen LogP contribution >= 0.6 is 0 Å². The van der Waals surface area contributed by atoms with Crippen molar-refractivity contribution in [3.63, 3.8) is 0 Å². The third-order valence-corrected chi connectivity index (χ3v) is 1.95. The van der Waals surface area contributed by atoms with Crippen LogP contribution in [0.15, 0.2) is 6.07 Å². The van der Waals surface area contributed by atoms with Crippen LogP contribution in [-0.2, 0) is 4.74 Å². The number of alkyl halides is 2. The molecule has 1 aromatic rings. The van der Waals surface area contributed by atoms with Crippen molar-refractivity contribution < 1.29 is 23.0 Å². The van der Waals surface area contributed by atoms with Crippen molar-refractivity contribution in [1.82, 2.24) is 4.98 Å². The molecule has 0 amide bonds. The average molecular weight is 246 g/mol. The highest BCUT2D eigenvalue weighted by atomic mass is 19.3. The van der Waals surface area contributed by atoms with Gasteiger partial charge in [0.1, 0.15) is 0 Å². The Bertz CT molecular complexity index is 424. The number of nitrogens with zero attached hydrogens (tertiary/aromatic N) is 1. The predicted octanol–water partition coefficient (Wildman–Crippen LogP) is 1.79. The summed E-state index contributed by atoms with van der Waals surface area (Å²) in [5.74, 6) is -1.30. The van der Waals surface area contributed by atoms with Crippen molar-refractivity contribution in [3.05, 3.63) is 17.3 Å². The fourth-order valence-electron chi connectivity index (χ4n) is 1.27. The number of halogens is 2. The number of hydrogen-bond donors (Lipinski definition) is 1. The maximum atomic E-state index is 12.7. The Morgan fingerprint density at radius 2 is 2.24 bits per heavy atom. The molecular formula is C10H12F2N2O3. The van der Waals surface area contributed by atoms with Crippen molar-refractivity contribution in [3.8, 4) is 5.75 Å². The smallest absolute Gasteiger partial charge is 0.357 e. The Labute approximate surface area is 96.5 Å². The highest BCUT2D eigenvalue weighted by molar-refractivity contribution is 5.88. The Hall–Kier alpha value is -1.92. The van der Waals surface area contributed by atoms with Gasteiger partial charge >= 0.3 is 5.97 Å². The van der Waals surface area contributed by atoms with Gasteiger partial charge in [-0.15, -0.1) is 0 Å². The summed E-state index contributed by atoms with van der Waals surface area (Å²) in [5.41, 5.74) is 4.68. The largest absolute Gasteiger partial charge is 0.492 e. The van der Waals surface area contributed by atoms with Crippen LogP contribution in [0.5, 0.6) is 5.75 Å². The van der Waals surface area contributed by atoms with Gasteiger partial charge in [0.05, 0.1) is 19.3 Å². The van der Waals surface area contributed by atoms with Crippen LogP contribution in [0.2, 0.25) is 0 Å². The van der Waals surface area contributed by atoms with E-state index in [1.165, 1.54) is 7.11 Å². The van der Waals surface area contributed by atoms with Crippen LogP contribution < -0.4 is 10.5 Å². The molecule has 0 saturated heterocycles. The number of hydrogen-bond acceptors (Lipinski definition) is 5. The molecule has 2 N–H and O–H groups in total. The fraction of sp³-hybridized carbons (Fsp3) is 0.400. The van der Waals surface area contributed by atoms with Gasteiger partial charge in [0, 0.05) is 0 Å². The van der Waals surface area contributed by atoms with Crippen LogP contribution in [-0.4, -0.2) is 24.7 Å². The van der Waals surface area contributed by atoms with Crippen LogP contribution in [0.3, 0.4) is 0 Å². The van der Waals surface area contributed by atoms with Crippen molar-refractivity contribution >= 4 is 11.8 Å². The van der Waals surface area contributed by atoms with Gasteiger partial charge in [-0.25, -0.2) is 18.6 Å². The lowest BCUT2D eigenvalue weighted by Crippen LogP contribution is -2.11. The normalized spacial score (nSPS) is 10.4. The van der Waals surface area contributed by atoms with Gasteiger partial charge in [0.25, 0.3) is 6.43 Å². The van der Waals surface area contributed by atoms with Gasteiger partial charge in [0.15, 0.2) is 17.3 Å². The molecule has 1 rings (SSSR count). The second kappa shape index (κ2) is 5.42. The molecule has 0 unspecified atom stereocenters. The summed E-state index contributed by atoms with van der Waals surface area (Å²) >= 11 is 0. The summed E-state index contributed by atoms with van der Waals surface area (Å²) in [6, 6.07) is 0.915. The number of nitrogen functional groups attached to an aromatic ring is 1. The lowest BCUT2D eigenvalue weighted by molar-refractivity contribution is 0.0519. The number of aromatic nitrogens is 1. The lowest BCUT2D eigenvalue weighted by atomic mass is 10.2. The first-order chi connectivity index (χ1) is 8.01. The molecule has 0 fully saturated rings. The third kappa shape index (κ3) is 2.80. The fourth-order valence-corrected chi connectivity index (χ4v) is 1.27. The maximum absolute atomic E-state index is 12.7. The van der Waals surface area contributed by atoms with Crippen LogP contribution in [0.1, 0.15) is 29.4 Å². The highest BCUT2D eigenvalue weighted by Crippen LogP contribution is 2.33. The van der Waals surface area contributed by atoms with E-state index in [1.54, 1.807) is 6.92 Å². The monoisotopic (exact) mass is 246 g/mol. The van der Waals surface area contributed by atoms with Gasteiger partial charge in [-0.1, -0.05) is 0 Å². The molecule has 0 saturated carbocycles. The van der Waals surface area contributed by atoms with E-state index in [0.29, 0.717) is 0 Å². The molecule has 0 aromatic carbocycles. The molecule has 0 aliphatic rings. The summed E-state index contributed by atoms with van der Waals surface area (Å²) < 4.78 is 34.8. The van der Waals surface area contributed by atoms with Crippen LogP contribution in [0, 0.1) is 0 Å². The molecule has 0 radical (unpaired) electrons. The van der Waals surface area contributed by atoms with Crippen molar-refractivity contribution in [1.29, 1.82) is 0 Å². The number of rotatable bonds is 4. The van der Waals surface area contributed by atoms with E-state index in [0.717, 1.165) is 6.07 Å². The van der Waals surface area contributed by atoms with Crippen LogP contribution in [0.4, 0.5) is 14.6 Å². The van der Waals surface area contributed by atoms with E-state index in [9.17, 15) is 13.6 Å². The zero-order chi connectivity index (χ0) is 13.0. The molecule has 7 heteroatoms. The molecule has 5 nitrogen and oxygen atoms in total. The predicted molar refractivity (Wildman–Crippen MR) is 56.1 cm³/mol. The molecule has 1 heterocycles. The molecule has 1 aromatic heterocycles. The van der Waals surface area contributed by atoms with Gasteiger partial charge in [-0.2, -0.15) is 0 Å². The Morgan fingerprint density at radius 1 is 1.59 bits per heavy atom. The second-order valence-corrected chi connectivity index (χ2v) is 3.04. The van der Waals surface area contributed by atoms with E-state index in [-0.39, 0.29) is 23.9 Å². The van der Waals surface area contributed by atoms with Gasteiger partial charge in [-0.05, 0) is 13.0 Å². The van der Waals surface area contributed by atoms with Gasteiger partial charge in [0.2, 0.25) is 0 Å². The highest BCUT2D eigenvalue weighted by Gasteiger charge is 2.21. The number of carbonyl (C=O) groups is 1. The topological polar surface area (TPSA) is 74.4 Å². The Balaban J connectivity index is 3.24. The molecule has 0 bridgehead atoms. The first-order valence-corrected chi connectivity index (χ1v) is 4.80. The lowest BCUT2D eigenvalue weighted by Gasteiger charge is -2.11. The number of anilines is 1. The molecule has 0 spiro atoms. The standard InChI is InChI=1S/C10H12F2N2O3/c1-3-17-10(15)6-4-5(8(11)12)7(16-2)9(13)14-6/h4,8H,3H2,1-2H3,(H2,13,14). The number of esters is 1. The number of ether oxygens (including phenoxy) is 2. The van der Waals surface area contributed by atoms with Crippen LogP contribution in [0.25, 0.3) is 0 Å². The first-order valence-electron chi connectivity index (χ1n) is 4.80. The summed E-state index contributed by atoms with van der Waals surface area (Å²) in [4.78, 5) is 15.0. The van der Waals surface area contributed by atoms with E-state index < -0.39 is 18.0 Å². The van der Waals surface area contributed by atoms with E-state index in [2.05, 4.69) is 9.72 Å². The van der Waals surface area contributed by atoms with E-state index >= 15 is 0 Å². The minimum absolute atomic E-state index is 0.121. The van der Waals surface area contributed by atoms with Crippen molar-refractivity contribution in [2.75, 3.05) is 19.5 Å². The van der Waals surface area contributed by atoms with Crippen molar-refractivity contribution in [2.45, 2.75) is 13.3 Å². The van der Waals surface area contributed by atoms with Gasteiger partial charge < -0.3 is 15.2 Å². The molecule has 94 valence electrons. The molecule has 0 aliphatic heterocycles. The third-order valence-electron chi connectivity index (χ3n) is 1.95. The van der Waals surface area contributed by atoms with Crippen molar-refractivity contribution in [2.24, 2.45) is 0 Å². The Morgan fingerprint density at radius 3 is 2.71 bits per heavy atom. The number of nitrogens with two attached hydrogens (primary N) is 1. The Kier molecular flexibility index (Phi) is 4.19. The maximum Gasteiger partial charge on any atom is 0.357 e. The molecule has 17 heavy (non-hydrogen) atoms. The van der Waals surface area contributed by atoms with E-state index in [4.69, 9.17) is 10.5 Å². The van der Waals surface area contributed by atoms with E-state index in [1.807, 2.05) is 0 Å². The minimum Gasteiger partial charge on any atom is -0.492 e. The number of pyridine rings is 1. The second-order valence-electron chi connectivity index (χ2n) is 3.04. The zero-order valence-electron chi connectivity index (χ0n) is 9.37. The minimum atomic E-state index is -2.82. The quantitative estimate of drug-likeness (QED) is 0.820. The van der Waals surface area contributed by atoms with Gasteiger partial charge in [-0.3, -0.25) is 0 Å². The zero-order valence-corrected chi connectivity index (χ0v) is 9.37. The molecular weight excluding hydrogens is 234 g/mol. The summed E-state index contributed by atoms with van der Waals surface area (Å²) in [6.07, 6.45) is -2.82. The molecule has 0 atom stereocenters. The number of methoxy groups -OCH3 is 1. The SMILES string of the molecule is CCOC(=O)c1cc(C(F)F)c(OC)c(N)n1. The molecule has 0 aliphatic carbocycles. The summed E-state index contributed by atoms with van der Waals surface area (Å²) in [5, 5.41) is 0. The summed E-state index contributed by atoms with van der Waals surface area (Å²) in [6.45, 7) is 1.72. The summed E-state index contributed by atoms with van der Waals surface area (Å²) in [7, 11) is 1.20. The average Bonchev–Trinajstić information content (AvgIpc) is 2.28. The first kappa shape index (κ1) is 13.1.